The molecule has 0 aliphatic rings. The highest BCUT2D eigenvalue weighted by Gasteiger charge is 2.13. The van der Waals surface area contributed by atoms with Crippen molar-refractivity contribution < 1.29 is 9.90 Å². The Kier molecular flexibility index (Phi) is 5.04. The zero-order valence-electron chi connectivity index (χ0n) is 13.9. The molecule has 0 saturated carbocycles. The molecule has 0 aliphatic heterocycles. The van der Waals surface area contributed by atoms with Crippen LogP contribution in [0.25, 0.3) is 11.3 Å². The number of carbonyl (C=O) groups excluding carboxylic acids is 1. The molecule has 0 aliphatic carbocycles. The lowest BCUT2D eigenvalue weighted by atomic mass is 10.1. The maximum absolute atomic E-state index is 12.4. The molecule has 0 spiro atoms. The third-order valence-corrected chi connectivity index (χ3v) is 4.16. The van der Waals surface area contributed by atoms with Crippen molar-refractivity contribution in [2.75, 3.05) is 0 Å². The number of carbonyl (C=O) groups is 1. The van der Waals surface area contributed by atoms with Crippen LogP contribution in [0.15, 0.2) is 53.3 Å². The summed E-state index contributed by atoms with van der Waals surface area (Å²) in [6.45, 7) is 2.02. The molecular weight excluding hydrogens is 354 g/mol. The number of aromatic hydroxyl groups is 1. The number of hydrogen-bond donors (Lipinski definition) is 3. The number of halogens is 1. The molecule has 0 saturated heterocycles. The number of H-pyrrole nitrogens is 1. The van der Waals surface area contributed by atoms with Gasteiger partial charge in [0.25, 0.3) is 11.5 Å². The molecule has 1 aromatic heterocycles. The molecule has 0 fully saturated rings. The van der Waals surface area contributed by atoms with Gasteiger partial charge in [0.1, 0.15) is 11.3 Å². The van der Waals surface area contributed by atoms with E-state index in [1.807, 2.05) is 0 Å². The van der Waals surface area contributed by atoms with Crippen LogP contribution in [-0.2, 0) is 6.54 Å². The average molecular weight is 370 g/mol. The monoisotopic (exact) mass is 369 g/mol. The second kappa shape index (κ2) is 7.41. The van der Waals surface area contributed by atoms with Crippen LogP contribution < -0.4 is 10.9 Å². The summed E-state index contributed by atoms with van der Waals surface area (Å²) < 4.78 is 0. The Morgan fingerprint density at radius 3 is 2.62 bits per heavy atom. The minimum absolute atomic E-state index is 0.0327. The van der Waals surface area contributed by atoms with Crippen LogP contribution in [-0.4, -0.2) is 21.2 Å². The molecule has 0 unspecified atom stereocenters. The van der Waals surface area contributed by atoms with Gasteiger partial charge in [-0.2, -0.15) is 5.10 Å². The zero-order valence-corrected chi connectivity index (χ0v) is 14.7. The zero-order chi connectivity index (χ0) is 18.7. The SMILES string of the molecule is Cc1cc(-c2cc(C(=O)NCc3ccc(Cl)cc3)c(=O)[nH]n2)ccc1O. The summed E-state index contributed by atoms with van der Waals surface area (Å²) in [5.74, 6) is -0.334. The highest BCUT2D eigenvalue weighted by atomic mass is 35.5. The van der Waals surface area contributed by atoms with Crippen molar-refractivity contribution in [1.29, 1.82) is 0 Å². The largest absolute Gasteiger partial charge is 0.508 e. The molecule has 3 aromatic rings. The van der Waals surface area contributed by atoms with Crippen molar-refractivity contribution in [3.8, 4) is 17.0 Å². The first-order chi connectivity index (χ1) is 12.4. The van der Waals surface area contributed by atoms with Crippen molar-refractivity contribution in [2.24, 2.45) is 0 Å². The maximum atomic E-state index is 12.4. The van der Waals surface area contributed by atoms with Gasteiger partial charge in [-0.05, 0) is 54.4 Å². The van der Waals surface area contributed by atoms with Crippen molar-refractivity contribution in [1.82, 2.24) is 15.5 Å². The Morgan fingerprint density at radius 1 is 1.19 bits per heavy atom. The van der Waals surface area contributed by atoms with Crippen LogP contribution in [0.5, 0.6) is 5.75 Å². The van der Waals surface area contributed by atoms with E-state index in [0.717, 1.165) is 5.56 Å². The number of nitrogens with zero attached hydrogens (tertiary/aromatic N) is 1. The number of phenolic OH excluding ortho intramolecular Hbond substituents is 1. The molecular formula is C19H16ClN3O3. The first-order valence-corrected chi connectivity index (χ1v) is 8.24. The van der Waals surface area contributed by atoms with Crippen molar-refractivity contribution in [3.63, 3.8) is 0 Å². The molecule has 1 heterocycles. The van der Waals surface area contributed by atoms with Crippen molar-refractivity contribution in [2.45, 2.75) is 13.5 Å². The van der Waals surface area contributed by atoms with E-state index in [0.29, 0.717) is 21.8 Å². The number of hydrogen-bond acceptors (Lipinski definition) is 4. The summed E-state index contributed by atoms with van der Waals surface area (Å²) in [7, 11) is 0. The summed E-state index contributed by atoms with van der Waals surface area (Å²) >= 11 is 5.83. The predicted octanol–water partition coefficient (Wildman–Crippen LogP) is 3.03. The van der Waals surface area contributed by atoms with E-state index >= 15 is 0 Å². The molecule has 6 nitrogen and oxygen atoms in total. The van der Waals surface area contributed by atoms with E-state index in [4.69, 9.17) is 11.6 Å². The Hall–Kier alpha value is -3.12. The summed E-state index contributed by atoms with van der Waals surface area (Å²) in [6.07, 6.45) is 0. The standard InChI is InChI=1S/C19H16ClN3O3/c1-11-8-13(4-7-17(11)24)16-9-15(19(26)23-22-16)18(25)21-10-12-2-5-14(20)6-3-12/h2-9,24H,10H2,1H3,(H,21,25)(H,23,26). The van der Waals surface area contributed by atoms with Crippen LogP contribution in [0, 0.1) is 6.92 Å². The van der Waals surface area contributed by atoms with Crippen LogP contribution in [0.3, 0.4) is 0 Å². The molecule has 26 heavy (non-hydrogen) atoms. The average Bonchev–Trinajstić information content (AvgIpc) is 2.64. The smallest absolute Gasteiger partial charge is 0.277 e. The van der Waals surface area contributed by atoms with Gasteiger partial charge < -0.3 is 10.4 Å². The van der Waals surface area contributed by atoms with E-state index in [-0.39, 0.29) is 17.9 Å². The second-order valence-electron chi connectivity index (χ2n) is 5.81. The van der Waals surface area contributed by atoms with Crippen molar-refractivity contribution in [3.05, 3.63) is 80.6 Å². The van der Waals surface area contributed by atoms with Gasteiger partial charge in [0.15, 0.2) is 0 Å². The van der Waals surface area contributed by atoms with Crippen molar-refractivity contribution >= 4 is 17.5 Å². The normalized spacial score (nSPS) is 10.5. The molecule has 132 valence electrons. The molecule has 7 heteroatoms. The number of benzene rings is 2. The fourth-order valence-electron chi connectivity index (χ4n) is 2.42. The first kappa shape index (κ1) is 17.7. The minimum atomic E-state index is -0.571. The van der Waals surface area contributed by atoms with Gasteiger partial charge in [0.05, 0.1) is 5.69 Å². The fourth-order valence-corrected chi connectivity index (χ4v) is 2.54. The van der Waals surface area contributed by atoms with E-state index < -0.39 is 11.5 Å². The Morgan fingerprint density at radius 2 is 1.92 bits per heavy atom. The highest BCUT2D eigenvalue weighted by molar-refractivity contribution is 6.30. The van der Waals surface area contributed by atoms with Gasteiger partial charge in [0.2, 0.25) is 0 Å². The molecule has 2 aromatic carbocycles. The lowest BCUT2D eigenvalue weighted by molar-refractivity contribution is 0.0949. The topological polar surface area (TPSA) is 95.1 Å². The van der Waals surface area contributed by atoms with Gasteiger partial charge >= 0.3 is 0 Å². The van der Waals surface area contributed by atoms with Gasteiger partial charge in [0, 0.05) is 17.1 Å². The second-order valence-corrected chi connectivity index (χ2v) is 6.24. The number of phenols is 1. The number of amides is 1. The Bertz CT molecular complexity index is 1010. The van der Waals surface area contributed by atoms with E-state index in [1.54, 1.807) is 43.3 Å². The van der Waals surface area contributed by atoms with Gasteiger partial charge in [-0.1, -0.05) is 23.7 Å². The number of aryl methyl sites for hydroxylation is 1. The number of aromatic nitrogens is 2. The van der Waals surface area contributed by atoms with Crippen LogP contribution >= 0.6 is 11.6 Å². The number of rotatable bonds is 4. The molecule has 1 amide bonds. The third-order valence-electron chi connectivity index (χ3n) is 3.91. The van der Waals surface area contributed by atoms with Gasteiger partial charge in [-0.3, -0.25) is 9.59 Å². The lowest BCUT2D eigenvalue weighted by Gasteiger charge is -2.07. The molecule has 0 radical (unpaired) electrons. The predicted molar refractivity (Wildman–Crippen MR) is 99.3 cm³/mol. The minimum Gasteiger partial charge on any atom is -0.508 e. The van der Waals surface area contributed by atoms with E-state index in [9.17, 15) is 14.7 Å². The summed E-state index contributed by atoms with van der Waals surface area (Å²) in [4.78, 5) is 24.4. The fraction of sp³-hybridized carbons (Fsp3) is 0.105. The Balaban J connectivity index is 1.82. The summed E-state index contributed by atoms with van der Waals surface area (Å²) in [6, 6.07) is 13.4. The Labute approximate surface area is 154 Å². The molecule has 3 rings (SSSR count). The molecule has 0 atom stereocenters. The van der Waals surface area contributed by atoms with Gasteiger partial charge in [-0.25, -0.2) is 5.10 Å². The quantitative estimate of drug-likeness (QED) is 0.658. The summed E-state index contributed by atoms with van der Waals surface area (Å²) in [5, 5.41) is 19.3. The van der Waals surface area contributed by atoms with Crippen LogP contribution in [0.2, 0.25) is 5.02 Å². The first-order valence-electron chi connectivity index (χ1n) is 7.86. The highest BCUT2D eigenvalue weighted by Crippen LogP contribution is 2.23. The number of aromatic amines is 1. The lowest BCUT2D eigenvalue weighted by Crippen LogP contribution is -2.29. The van der Waals surface area contributed by atoms with Crippen LogP contribution in [0.1, 0.15) is 21.5 Å². The maximum Gasteiger partial charge on any atom is 0.277 e. The summed E-state index contributed by atoms with van der Waals surface area (Å²) in [5.41, 5.74) is 2.05. The number of nitrogens with one attached hydrogen (secondary N) is 2. The third kappa shape index (κ3) is 3.92. The van der Waals surface area contributed by atoms with E-state index in [1.165, 1.54) is 12.1 Å². The molecule has 0 bridgehead atoms. The van der Waals surface area contributed by atoms with Crippen LogP contribution in [0.4, 0.5) is 0 Å². The molecule has 3 N–H and O–H groups in total. The van der Waals surface area contributed by atoms with Gasteiger partial charge in [-0.15, -0.1) is 0 Å². The van der Waals surface area contributed by atoms with E-state index in [2.05, 4.69) is 15.5 Å².